The Morgan fingerprint density at radius 3 is 2.45 bits per heavy atom. The van der Waals surface area contributed by atoms with E-state index in [2.05, 4.69) is 21.2 Å². The monoisotopic (exact) mass is 357 g/mol. The second-order valence-corrected chi connectivity index (χ2v) is 5.48. The van der Waals surface area contributed by atoms with Crippen LogP contribution in [-0.2, 0) is 4.79 Å². The third-order valence-corrected chi connectivity index (χ3v) is 3.37. The smallest absolute Gasteiger partial charge is 0.330 e. The summed E-state index contributed by atoms with van der Waals surface area (Å²) in [4.78, 5) is 11.4. The molecule has 0 saturated heterocycles. The number of anilines is 1. The van der Waals surface area contributed by atoms with Crippen LogP contribution in [0.15, 0.2) is 46.9 Å². The summed E-state index contributed by atoms with van der Waals surface area (Å²) < 4.78 is 14.2. The molecule has 0 aliphatic heterocycles. The molecule has 0 aliphatic carbocycles. The summed E-state index contributed by atoms with van der Waals surface area (Å²) in [5, 5.41) is 12.3. The predicted molar refractivity (Wildman–Crippen MR) is 79.6 cm³/mol. The molecular weight excluding hydrogens is 349 g/mol. The molecule has 0 radical (unpaired) electrons. The molecule has 1 atom stereocenters. The van der Waals surface area contributed by atoms with E-state index < -0.39 is 17.8 Å². The maximum absolute atomic E-state index is 13.3. The fourth-order valence-corrected chi connectivity index (χ4v) is 2.24. The Kier molecular flexibility index (Phi) is 4.62. The van der Waals surface area contributed by atoms with Crippen LogP contribution in [0.3, 0.4) is 0 Å². The van der Waals surface area contributed by atoms with Crippen molar-refractivity contribution < 1.29 is 14.3 Å². The van der Waals surface area contributed by atoms with Crippen LogP contribution in [0, 0.1) is 5.82 Å². The fraction of sp³-hybridized carbons (Fsp3) is 0.0714. The van der Waals surface area contributed by atoms with E-state index in [4.69, 9.17) is 11.6 Å². The van der Waals surface area contributed by atoms with Crippen molar-refractivity contribution in [3.8, 4) is 0 Å². The molecule has 2 N–H and O–H groups in total. The fourth-order valence-electron chi connectivity index (χ4n) is 1.74. The van der Waals surface area contributed by atoms with E-state index in [-0.39, 0.29) is 10.6 Å². The zero-order valence-electron chi connectivity index (χ0n) is 10.1. The molecule has 6 heteroatoms. The van der Waals surface area contributed by atoms with Gasteiger partial charge in [-0.25, -0.2) is 9.18 Å². The number of nitrogens with one attached hydrogen (secondary N) is 1. The number of hydrogen-bond acceptors (Lipinski definition) is 2. The van der Waals surface area contributed by atoms with Gasteiger partial charge in [0.05, 0.1) is 0 Å². The maximum atomic E-state index is 13.3. The van der Waals surface area contributed by atoms with Crippen LogP contribution in [-0.4, -0.2) is 11.1 Å². The van der Waals surface area contributed by atoms with Crippen LogP contribution in [0.2, 0.25) is 5.02 Å². The van der Waals surface area contributed by atoms with E-state index in [0.29, 0.717) is 5.69 Å². The van der Waals surface area contributed by atoms with Gasteiger partial charge in [0.15, 0.2) is 6.04 Å². The molecule has 0 saturated carbocycles. The van der Waals surface area contributed by atoms with E-state index in [1.54, 1.807) is 24.3 Å². The summed E-state index contributed by atoms with van der Waals surface area (Å²) in [6, 6.07) is 9.63. The number of aliphatic carboxylic acids is 1. The number of rotatable bonds is 4. The Morgan fingerprint density at radius 2 is 1.90 bits per heavy atom. The molecule has 0 amide bonds. The van der Waals surface area contributed by atoms with Crippen molar-refractivity contribution in [2.24, 2.45) is 0 Å². The number of carboxylic acids is 1. The molecule has 0 fully saturated rings. The summed E-state index contributed by atoms with van der Waals surface area (Å²) in [5.74, 6) is -1.69. The topological polar surface area (TPSA) is 49.3 Å². The Labute approximate surface area is 128 Å². The van der Waals surface area contributed by atoms with Gasteiger partial charge in [0.2, 0.25) is 0 Å². The minimum Gasteiger partial charge on any atom is -0.479 e. The molecule has 2 rings (SSSR count). The summed E-state index contributed by atoms with van der Waals surface area (Å²) >= 11 is 9.05. The van der Waals surface area contributed by atoms with Gasteiger partial charge in [-0.3, -0.25) is 0 Å². The third-order valence-electron chi connectivity index (χ3n) is 2.62. The molecule has 2 aromatic rings. The molecule has 1 unspecified atom stereocenters. The molecule has 2 aromatic carbocycles. The largest absolute Gasteiger partial charge is 0.479 e. The number of halogens is 3. The first-order valence-corrected chi connectivity index (χ1v) is 6.84. The zero-order chi connectivity index (χ0) is 14.7. The molecule has 0 bridgehead atoms. The van der Waals surface area contributed by atoms with E-state index in [9.17, 15) is 14.3 Å². The maximum Gasteiger partial charge on any atom is 0.330 e. The Balaban J connectivity index is 2.31. The van der Waals surface area contributed by atoms with Crippen LogP contribution < -0.4 is 5.32 Å². The van der Waals surface area contributed by atoms with Crippen molar-refractivity contribution >= 4 is 39.2 Å². The lowest BCUT2D eigenvalue weighted by Gasteiger charge is -2.16. The Bertz CT molecular complexity index is 613. The quantitative estimate of drug-likeness (QED) is 0.847. The van der Waals surface area contributed by atoms with Crippen molar-refractivity contribution in [3.63, 3.8) is 0 Å². The highest BCUT2D eigenvalue weighted by atomic mass is 79.9. The van der Waals surface area contributed by atoms with Gasteiger partial charge >= 0.3 is 5.97 Å². The molecule has 0 heterocycles. The van der Waals surface area contributed by atoms with Crippen LogP contribution in [0.5, 0.6) is 0 Å². The average molecular weight is 359 g/mol. The summed E-state index contributed by atoms with van der Waals surface area (Å²) in [6.07, 6.45) is 0. The average Bonchev–Trinajstić information content (AvgIpc) is 2.36. The normalized spacial score (nSPS) is 11.9. The SMILES string of the molecule is O=C(O)C(Nc1ccc(Br)cc1)c1cc(F)cc(Cl)c1. The highest BCUT2D eigenvalue weighted by Gasteiger charge is 2.20. The van der Waals surface area contributed by atoms with Gasteiger partial charge in [0.25, 0.3) is 0 Å². The first kappa shape index (κ1) is 14.8. The molecule has 0 aromatic heterocycles. The highest BCUT2D eigenvalue weighted by Crippen LogP contribution is 2.24. The molecule has 20 heavy (non-hydrogen) atoms. The first-order chi connectivity index (χ1) is 9.45. The number of hydrogen-bond donors (Lipinski definition) is 2. The van der Waals surface area contributed by atoms with E-state index in [1.165, 1.54) is 6.07 Å². The Morgan fingerprint density at radius 1 is 1.25 bits per heavy atom. The van der Waals surface area contributed by atoms with Gasteiger partial charge in [-0.1, -0.05) is 27.5 Å². The van der Waals surface area contributed by atoms with Crippen molar-refractivity contribution in [3.05, 3.63) is 63.3 Å². The summed E-state index contributed by atoms with van der Waals surface area (Å²) in [6.45, 7) is 0. The number of carbonyl (C=O) groups is 1. The molecular formula is C14H10BrClFNO2. The molecule has 0 aliphatic rings. The first-order valence-electron chi connectivity index (χ1n) is 5.66. The minimum absolute atomic E-state index is 0.156. The number of carboxylic acid groups (broad SMARTS) is 1. The van der Waals surface area contributed by atoms with Crippen LogP contribution >= 0.6 is 27.5 Å². The highest BCUT2D eigenvalue weighted by molar-refractivity contribution is 9.10. The van der Waals surface area contributed by atoms with E-state index in [1.807, 2.05) is 0 Å². The van der Waals surface area contributed by atoms with Crippen LogP contribution in [0.1, 0.15) is 11.6 Å². The van der Waals surface area contributed by atoms with Gasteiger partial charge in [0.1, 0.15) is 5.82 Å². The van der Waals surface area contributed by atoms with Gasteiger partial charge in [-0.2, -0.15) is 0 Å². The van der Waals surface area contributed by atoms with E-state index >= 15 is 0 Å². The second-order valence-electron chi connectivity index (χ2n) is 4.13. The predicted octanol–water partition coefficient (Wildman–Crippen LogP) is 4.48. The zero-order valence-corrected chi connectivity index (χ0v) is 12.5. The van der Waals surface area contributed by atoms with Crippen molar-refractivity contribution in [1.82, 2.24) is 0 Å². The van der Waals surface area contributed by atoms with Gasteiger partial charge < -0.3 is 10.4 Å². The lowest BCUT2D eigenvalue weighted by molar-refractivity contribution is -0.138. The molecule has 104 valence electrons. The molecule has 0 spiro atoms. The number of benzene rings is 2. The van der Waals surface area contributed by atoms with Crippen LogP contribution in [0.25, 0.3) is 0 Å². The van der Waals surface area contributed by atoms with Gasteiger partial charge in [-0.05, 0) is 48.0 Å². The lowest BCUT2D eigenvalue weighted by atomic mass is 10.1. The lowest BCUT2D eigenvalue weighted by Crippen LogP contribution is -2.20. The van der Waals surface area contributed by atoms with Crippen molar-refractivity contribution in [1.29, 1.82) is 0 Å². The second kappa shape index (κ2) is 6.24. The van der Waals surface area contributed by atoms with Crippen LogP contribution in [0.4, 0.5) is 10.1 Å². The minimum atomic E-state index is -1.12. The summed E-state index contributed by atoms with van der Waals surface area (Å²) in [5.41, 5.74) is 0.867. The van der Waals surface area contributed by atoms with Crippen molar-refractivity contribution in [2.45, 2.75) is 6.04 Å². The van der Waals surface area contributed by atoms with Crippen molar-refractivity contribution in [2.75, 3.05) is 5.32 Å². The van der Waals surface area contributed by atoms with E-state index in [0.717, 1.165) is 16.6 Å². The third kappa shape index (κ3) is 3.71. The molecule has 3 nitrogen and oxygen atoms in total. The summed E-state index contributed by atoms with van der Waals surface area (Å²) in [7, 11) is 0. The van der Waals surface area contributed by atoms with Gasteiger partial charge in [-0.15, -0.1) is 0 Å². The Hall–Kier alpha value is -1.59. The standard InChI is InChI=1S/C14H10BrClFNO2/c15-9-1-3-12(4-2-9)18-13(14(19)20)8-5-10(16)7-11(17)6-8/h1-7,13,18H,(H,19,20). The van der Waals surface area contributed by atoms with Gasteiger partial charge in [0, 0.05) is 15.2 Å².